The summed E-state index contributed by atoms with van der Waals surface area (Å²) in [6.45, 7) is 2.01. The third-order valence-electron chi connectivity index (χ3n) is 2.00. The largest absolute Gasteiger partial charge is 0.436 e. The molecule has 0 spiro atoms. The lowest BCUT2D eigenvalue weighted by atomic mass is 10.2. The molecule has 0 aliphatic rings. The standard InChI is InChI=1S/C11H10BrN3O/c1-7-2-3-10(8(12)4-7)16-11-9(13)5-14-6-15-11/h2-6H,13H2,1H3. The first kappa shape index (κ1) is 10.9. The second-order valence-corrected chi connectivity index (χ2v) is 4.17. The van der Waals surface area contributed by atoms with Crippen LogP contribution >= 0.6 is 15.9 Å². The van der Waals surface area contributed by atoms with E-state index in [9.17, 15) is 0 Å². The molecule has 82 valence electrons. The van der Waals surface area contributed by atoms with Gasteiger partial charge in [0.05, 0.1) is 10.7 Å². The summed E-state index contributed by atoms with van der Waals surface area (Å²) < 4.78 is 6.44. The molecule has 0 aliphatic heterocycles. The van der Waals surface area contributed by atoms with Crippen LogP contribution in [0.15, 0.2) is 35.2 Å². The molecule has 0 radical (unpaired) electrons. The molecule has 0 bridgehead atoms. The van der Waals surface area contributed by atoms with Gasteiger partial charge in [0, 0.05) is 0 Å². The number of ether oxygens (including phenoxy) is 1. The molecule has 4 nitrogen and oxygen atoms in total. The Labute approximate surface area is 102 Å². The van der Waals surface area contributed by atoms with Gasteiger partial charge < -0.3 is 10.5 Å². The van der Waals surface area contributed by atoms with Crippen LogP contribution in [0.25, 0.3) is 0 Å². The lowest BCUT2D eigenvalue weighted by Gasteiger charge is -2.08. The second-order valence-electron chi connectivity index (χ2n) is 3.32. The molecule has 0 saturated heterocycles. The molecule has 1 aromatic carbocycles. The summed E-state index contributed by atoms with van der Waals surface area (Å²) in [4.78, 5) is 7.75. The number of halogens is 1. The van der Waals surface area contributed by atoms with Crippen LogP contribution in [0.2, 0.25) is 0 Å². The number of nitrogens with two attached hydrogens (primary N) is 1. The van der Waals surface area contributed by atoms with E-state index in [2.05, 4.69) is 25.9 Å². The molecule has 1 aromatic heterocycles. The second kappa shape index (κ2) is 4.49. The SMILES string of the molecule is Cc1ccc(Oc2ncncc2N)c(Br)c1. The number of hydrogen-bond acceptors (Lipinski definition) is 4. The van der Waals surface area contributed by atoms with Crippen LogP contribution in [0.4, 0.5) is 5.69 Å². The van der Waals surface area contributed by atoms with Gasteiger partial charge in [0.1, 0.15) is 17.8 Å². The minimum atomic E-state index is 0.361. The number of rotatable bonds is 2. The van der Waals surface area contributed by atoms with Gasteiger partial charge in [-0.05, 0) is 40.5 Å². The number of anilines is 1. The normalized spacial score (nSPS) is 10.1. The first-order valence-corrected chi connectivity index (χ1v) is 5.45. The predicted octanol–water partition coefficient (Wildman–Crippen LogP) is 2.92. The Morgan fingerprint density at radius 2 is 2.19 bits per heavy atom. The van der Waals surface area contributed by atoms with Crippen LogP contribution in [-0.4, -0.2) is 9.97 Å². The molecule has 16 heavy (non-hydrogen) atoms. The Kier molecular flexibility index (Phi) is 3.05. The first-order chi connectivity index (χ1) is 7.66. The number of benzene rings is 1. The molecule has 0 aliphatic carbocycles. The van der Waals surface area contributed by atoms with Crippen LogP contribution in [0, 0.1) is 6.92 Å². The minimum Gasteiger partial charge on any atom is -0.436 e. The van der Waals surface area contributed by atoms with E-state index in [-0.39, 0.29) is 0 Å². The first-order valence-electron chi connectivity index (χ1n) is 4.66. The Morgan fingerprint density at radius 3 is 2.88 bits per heavy atom. The number of aromatic nitrogens is 2. The molecule has 0 unspecified atom stereocenters. The number of nitrogens with zero attached hydrogens (tertiary/aromatic N) is 2. The summed E-state index contributed by atoms with van der Waals surface area (Å²) in [6, 6.07) is 5.78. The zero-order valence-corrected chi connectivity index (χ0v) is 10.2. The van der Waals surface area contributed by atoms with Crippen molar-refractivity contribution < 1.29 is 4.74 Å². The summed E-state index contributed by atoms with van der Waals surface area (Å²) in [5.41, 5.74) is 7.24. The van der Waals surface area contributed by atoms with Crippen molar-refractivity contribution in [3.8, 4) is 11.6 Å². The molecule has 0 atom stereocenters. The topological polar surface area (TPSA) is 61.0 Å². The molecule has 1 heterocycles. The van der Waals surface area contributed by atoms with Crippen molar-refractivity contribution in [1.29, 1.82) is 0 Å². The zero-order valence-electron chi connectivity index (χ0n) is 8.64. The van der Waals surface area contributed by atoms with E-state index >= 15 is 0 Å². The van der Waals surface area contributed by atoms with Crippen molar-refractivity contribution in [3.05, 3.63) is 40.8 Å². The van der Waals surface area contributed by atoms with Crippen molar-refractivity contribution in [3.63, 3.8) is 0 Å². The number of aryl methyl sites for hydroxylation is 1. The van der Waals surface area contributed by atoms with Gasteiger partial charge in [-0.2, -0.15) is 4.98 Å². The third-order valence-corrected chi connectivity index (χ3v) is 2.62. The molecule has 0 fully saturated rings. The molecule has 0 saturated carbocycles. The van der Waals surface area contributed by atoms with Gasteiger partial charge in [0.2, 0.25) is 5.88 Å². The number of hydrogen-bond donors (Lipinski definition) is 1. The minimum absolute atomic E-state index is 0.361. The zero-order chi connectivity index (χ0) is 11.5. The highest BCUT2D eigenvalue weighted by atomic mass is 79.9. The Hall–Kier alpha value is -1.62. The van der Waals surface area contributed by atoms with Gasteiger partial charge in [-0.15, -0.1) is 0 Å². The van der Waals surface area contributed by atoms with Crippen LogP contribution in [0.5, 0.6) is 11.6 Å². The maximum atomic E-state index is 5.68. The molecule has 2 aromatic rings. The highest BCUT2D eigenvalue weighted by Crippen LogP contribution is 2.31. The van der Waals surface area contributed by atoms with E-state index in [0.29, 0.717) is 17.3 Å². The lowest BCUT2D eigenvalue weighted by Crippen LogP contribution is -1.96. The van der Waals surface area contributed by atoms with Crippen molar-refractivity contribution in [2.75, 3.05) is 5.73 Å². The maximum absolute atomic E-state index is 5.68. The summed E-state index contributed by atoms with van der Waals surface area (Å²) >= 11 is 3.42. The predicted molar refractivity (Wildman–Crippen MR) is 65.4 cm³/mol. The average Bonchev–Trinajstić information content (AvgIpc) is 2.25. The van der Waals surface area contributed by atoms with E-state index < -0.39 is 0 Å². The Morgan fingerprint density at radius 1 is 1.38 bits per heavy atom. The van der Waals surface area contributed by atoms with E-state index in [1.54, 1.807) is 0 Å². The summed E-state index contributed by atoms with van der Waals surface area (Å²) in [6.07, 6.45) is 2.90. The molecular weight excluding hydrogens is 270 g/mol. The highest BCUT2D eigenvalue weighted by Gasteiger charge is 2.06. The van der Waals surface area contributed by atoms with Crippen LogP contribution in [0.3, 0.4) is 0 Å². The van der Waals surface area contributed by atoms with Gasteiger partial charge in [0.15, 0.2) is 0 Å². The van der Waals surface area contributed by atoms with Gasteiger partial charge >= 0.3 is 0 Å². The highest BCUT2D eigenvalue weighted by molar-refractivity contribution is 9.10. The maximum Gasteiger partial charge on any atom is 0.245 e. The summed E-state index contributed by atoms with van der Waals surface area (Å²) in [5, 5.41) is 0. The van der Waals surface area contributed by atoms with E-state index in [0.717, 1.165) is 10.0 Å². The molecule has 5 heteroatoms. The van der Waals surface area contributed by atoms with Crippen LogP contribution < -0.4 is 10.5 Å². The van der Waals surface area contributed by atoms with Crippen LogP contribution in [0.1, 0.15) is 5.56 Å². The van der Waals surface area contributed by atoms with Crippen molar-refractivity contribution in [2.45, 2.75) is 6.92 Å². The Balaban J connectivity index is 2.31. The molecule has 0 amide bonds. The third kappa shape index (κ3) is 2.30. The fourth-order valence-electron chi connectivity index (χ4n) is 1.21. The lowest BCUT2D eigenvalue weighted by molar-refractivity contribution is 0.461. The van der Waals surface area contributed by atoms with E-state index in [1.807, 2.05) is 25.1 Å². The Bertz CT molecular complexity index is 516. The van der Waals surface area contributed by atoms with E-state index in [4.69, 9.17) is 10.5 Å². The van der Waals surface area contributed by atoms with E-state index in [1.165, 1.54) is 12.5 Å². The number of nitrogen functional groups attached to an aromatic ring is 1. The van der Waals surface area contributed by atoms with Gasteiger partial charge in [-0.25, -0.2) is 4.98 Å². The smallest absolute Gasteiger partial charge is 0.245 e. The monoisotopic (exact) mass is 279 g/mol. The molecular formula is C11H10BrN3O. The van der Waals surface area contributed by atoms with Crippen molar-refractivity contribution in [1.82, 2.24) is 9.97 Å². The fourth-order valence-corrected chi connectivity index (χ4v) is 1.78. The molecule has 2 rings (SSSR count). The van der Waals surface area contributed by atoms with Gasteiger partial charge in [0.25, 0.3) is 0 Å². The quantitative estimate of drug-likeness (QED) is 0.918. The van der Waals surface area contributed by atoms with Crippen molar-refractivity contribution in [2.24, 2.45) is 0 Å². The fraction of sp³-hybridized carbons (Fsp3) is 0.0909. The van der Waals surface area contributed by atoms with Gasteiger partial charge in [-0.3, -0.25) is 0 Å². The van der Waals surface area contributed by atoms with Crippen LogP contribution in [-0.2, 0) is 0 Å². The average molecular weight is 280 g/mol. The summed E-state index contributed by atoms with van der Waals surface area (Å²) in [7, 11) is 0. The van der Waals surface area contributed by atoms with Crippen molar-refractivity contribution >= 4 is 21.6 Å². The molecule has 2 N–H and O–H groups in total. The van der Waals surface area contributed by atoms with Gasteiger partial charge in [-0.1, -0.05) is 6.07 Å². The summed E-state index contributed by atoms with van der Waals surface area (Å²) in [5.74, 6) is 1.04.